The van der Waals surface area contributed by atoms with Gasteiger partial charge in [-0.25, -0.2) is 0 Å². The van der Waals surface area contributed by atoms with Crippen LogP contribution in [0.5, 0.6) is 11.5 Å². The molecule has 0 bridgehead atoms. The van der Waals surface area contributed by atoms with Crippen molar-refractivity contribution in [2.24, 2.45) is 5.92 Å². The minimum Gasteiger partial charge on any atom is -0.492 e. The van der Waals surface area contributed by atoms with Crippen LogP contribution in [0.15, 0.2) is 66.9 Å². The van der Waals surface area contributed by atoms with Gasteiger partial charge in [-0.15, -0.1) is 0 Å². The van der Waals surface area contributed by atoms with Gasteiger partial charge in [0.15, 0.2) is 0 Å². The minimum absolute atomic E-state index is 0.127. The second kappa shape index (κ2) is 17.7. The number of ether oxygens (including phenoxy) is 2. The number of hydrogen-bond acceptors (Lipinski definition) is 11. The average Bonchev–Trinajstić information content (AvgIpc) is 3.47. The van der Waals surface area contributed by atoms with Gasteiger partial charge in [-0.1, -0.05) is 43.0 Å². The number of rotatable bonds is 16. The molecule has 3 heterocycles. The first kappa shape index (κ1) is 42.3. The van der Waals surface area contributed by atoms with Gasteiger partial charge in [-0.3, -0.25) is 19.3 Å². The number of ketones is 1. The van der Waals surface area contributed by atoms with Gasteiger partial charge >= 0.3 is 5.95 Å². The van der Waals surface area contributed by atoms with Crippen LogP contribution in [-0.4, -0.2) is 70.5 Å². The number of piperidine rings is 1. The van der Waals surface area contributed by atoms with Gasteiger partial charge in [0, 0.05) is 49.3 Å². The molecule has 2 atom stereocenters. The van der Waals surface area contributed by atoms with Crippen LogP contribution in [0.2, 0.25) is 0 Å². The third-order valence-corrected chi connectivity index (χ3v) is 11.7. The number of imide groups is 1. The lowest BCUT2D eigenvalue weighted by atomic mass is 9.77. The fourth-order valence-corrected chi connectivity index (χ4v) is 7.79. The predicted molar refractivity (Wildman–Crippen MR) is 225 cm³/mol. The van der Waals surface area contributed by atoms with E-state index in [1.807, 2.05) is 63.2 Å². The Balaban J connectivity index is 1.01. The number of anilines is 1. The Morgan fingerprint density at radius 3 is 2.41 bits per heavy atom. The van der Waals surface area contributed by atoms with Gasteiger partial charge in [0.1, 0.15) is 49.8 Å². The molecule has 304 valence electrons. The Hall–Kier alpha value is -5.29. The lowest BCUT2D eigenvalue weighted by molar-refractivity contribution is -0.119. The fourth-order valence-electron chi connectivity index (χ4n) is 7.70. The van der Waals surface area contributed by atoms with E-state index in [0.717, 1.165) is 54.7 Å². The Bertz CT molecular complexity index is 2200. The standard InChI is InChI=1S/C45H53N6O6S/c1-7-37(52)12-8-30(3)50-42(53)39-15-11-36(26-40(39)43(50)54)49-21-17-31(18-22-49)19-23-56-41-29(2)24-34(25-32(41)27-46)45(4,5)33-9-13-38(14-10-33)57-28-35-16-20-47-44(48-35)51(6,55)58/h9-11,13-16,20,24-26,30-31,55,58H,7-8,12,17-19,21-23,28H2,1-6H3/q+1. The van der Waals surface area contributed by atoms with E-state index in [9.17, 15) is 24.9 Å². The number of carbonyl (C=O) groups excluding carboxylic acids is 3. The lowest BCUT2D eigenvalue weighted by Gasteiger charge is -2.34. The van der Waals surface area contributed by atoms with Gasteiger partial charge in [-0.05, 0) is 105 Å². The number of nitriles is 1. The molecule has 0 radical (unpaired) electrons. The zero-order valence-electron chi connectivity index (χ0n) is 34.2. The summed E-state index contributed by atoms with van der Waals surface area (Å²) in [6.45, 7) is 12.2. The molecule has 2 aliphatic rings. The first-order valence-corrected chi connectivity index (χ1v) is 20.3. The number of fused-ring (bicyclic) bond motifs is 1. The van der Waals surface area contributed by atoms with Crippen LogP contribution in [0, 0.1) is 24.2 Å². The number of aromatic nitrogens is 2. The van der Waals surface area contributed by atoms with E-state index in [-0.39, 0.29) is 36.2 Å². The van der Waals surface area contributed by atoms with Crippen molar-refractivity contribution < 1.29 is 29.1 Å². The summed E-state index contributed by atoms with van der Waals surface area (Å²) in [5.74, 6) is 1.44. The molecular formula is C45H53N6O6S+. The highest BCUT2D eigenvalue weighted by Crippen LogP contribution is 2.37. The molecule has 2 unspecified atom stereocenters. The smallest absolute Gasteiger partial charge is 0.374 e. The molecule has 6 rings (SSSR count). The molecule has 0 saturated carbocycles. The van der Waals surface area contributed by atoms with E-state index >= 15 is 0 Å². The molecular weight excluding hydrogens is 753 g/mol. The van der Waals surface area contributed by atoms with Gasteiger partial charge < -0.3 is 14.4 Å². The summed E-state index contributed by atoms with van der Waals surface area (Å²) in [4.78, 5) is 50.3. The number of amides is 2. The molecule has 13 heteroatoms. The van der Waals surface area contributed by atoms with E-state index in [2.05, 4.69) is 53.7 Å². The summed E-state index contributed by atoms with van der Waals surface area (Å²) in [5, 5.41) is 20.2. The van der Waals surface area contributed by atoms with E-state index in [1.54, 1.807) is 18.3 Å². The van der Waals surface area contributed by atoms with Crippen LogP contribution in [0.1, 0.15) is 115 Å². The molecule has 4 aromatic rings. The molecule has 2 aliphatic heterocycles. The summed E-state index contributed by atoms with van der Waals surface area (Å²) in [6.07, 6.45) is 5.61. The third kappa shape index (κ3) is 9.36. The number of quaternary nitrogens is 1. The molecule has 0 spiro atoms. The number of hydroxylamine groups is 1. The highest BCUT2D eigenvalue weighted by Gasteiger charge is 2.39. The first-order chi connectivity index (χ1) is 27.6. The van der Waals surface area contributed by atoms with Crippen molar-refractivity contribution in [1.82, 2.24) is 18.9 Å². The SMILES string of the molecule is CCC(=O)CCC(C)N1C(=O)c2ccc(N3CCC(CCOc4c(C)cc(C(C)(C)c5ccc(OCc6ccnc([N+](C)(O)S)n6)cc5)cc4C#N)CC3)cc2C1=O. The van der Waals surface area contributed by atoms with Gasteiger partial charge in [0.05, 0.1) is 29.0 Å². The van der Waals surface area contributed by atoms with Crippen molar-refractivity contribution in [3.8, 4) is 17.6 Å². The Morgan fingerprint density at radius 1 is 1.03 bits per heavy atom. The average molecular weight is 806 g/mol. The van der Waals surface area contributed by atoms with Gasteiger partial charge in [0.25, 0.3) is 11.8 Å². The Labute approximate surface area is 346 Å². The van der Waals surface area contributed by atoms with Crippen LogP contribution in [-0.2, 0) is 16.8 Å². The number of benzene rings is 3. The maximum absolute atomic E-state index is 13.3. The molecule has 3 aromatic carbocycles. The zero-order valence-corrected chi connectivity index (χ0v) is 35.1. The van der Waals surface area contributed by atoms with E-state index in [1.165, 1.54) is 11.9 Å². The van der Waals surface area contributed by atoms with E-state index in [0.29, 0.717) is 65.7 Å². The fraction of sp³-hybridized carbons (Fsp3) is 0.422. The summed E-state index contributed by atoms with van der Waals surface area (Å²) < 4.78 is 11.5. The van der Waals surface area contributed by atoms with Crippen LogP contribution in [0.25, 0.3) is 0 Å². The summed E-state index contributed by atoms with van der Waals surface area (Å²) >= 11 is 4.08. The maximum atomic E-state index is 13.3. The van der Waals surface area contributed by atoms with Crippen molar-refractivity contribution in [3.05, 3.63) is 106 Å². The van der Waals surface area contributed by atoms with Gasteiger partial charge in [-0.2, -0.15) is 20.4 Å². The highest BCUT2D eigenvalue weighted by molar-refractivity contribution is 7.79. The summed E-state index contributed by atoms with van der Waals surface area (Å²) in [5.41, 5.74) is 5.47. The monoisotopic (exact) mass is 805 g/mol. The molecule has 12 nitrogen and oxygen atoms in total. The second-order valence-corrected chi connectivity index (χ2v) is 16.8. The Kier molecular flexibility index (Phi) is 12.9. The topological polar surface area (TPSA) is 146 Å². The molecule has 1 aromatic heterocycles. The van der Waals surface area contributed by atoms with Crippen LogP contribution >= 0.6 is 12.8 Å². The molecule has 58 heavy (non-hydrogen) atoms. The number of aryl methyl sites for hydroxylation is 1. The van der Waals surface area contributed by atoms with Crippen molar-refractivity contribution in [1.29, 1.82) is 5.26 Å². The second-order valence-electron chi connectivity index (χ2n) is 16.0. The number of nitrogens with zero attached hydrogens (tertiary/aromatic N) is 6. The minimum atomic E-state index is -0.778. The molecule has 1 fully saturated rings. The number of Topliss-reactive ketones (excluding diaryl/α,β-unsaturated/α-hetero) is 1. The zero-order chi connectivity index (χ0) is 41.8. The van der Waals surface area contributed by atoms with Crippen molar-refractivity contribution in [3.63, 3.8) is 0 Å². The Morgan fingerprint density at radius 2 is 1.74 bits per heavy atom. The molecule has 1 saturated heterocycles. The summed E-state index contributed by atoms with van der Waals surface area (Å²) in [6, 6.07) is 21.2. The number of carbonyl (C=O) groups is 3. The third-order valence-electron chi connectivity index (χ3n) is 11.5. The molecule has 1 N–H and O–H groups in total. The van der Waals surface area contributed by atoms with Crippen molar-refractivity contribution >= 4 is 42.0 Å². The van der Waals surface area contributed by atoms with E-state index in [4.69, 9.17) is 9.47 Å². The number of thiol groups is 1. The summed E-state index contributed by atoms with van der Waals surface area (Å²) in [7, 11) is 1.45. The van der Waals surface area contributed by atoms with Crippen LogP contribution < -0.4 is 18.4 Å². The highest BCUT2D eigenvalue weighted by atomic mass is 32.1. The normalized spacial score (nSPS) is 16.1. The lowest BCUT2D eigenvalue weighted by Crippen LogP contribution is -2.38. The maximum Gasteiger partial charge on any atom is 0.374 e. The van der Waals surface area contributed by atoms with Gasteiger partial charge in [0.2, 0.25) is 0 Å². The molecule has 2 amide bonds. The van der Waals surface area contributed by atoms with E-state index < -0.39 is 9.47 Å². The van der Waals surface area contributed by atoms with Crippen molar-refractivity contribution in [2.75, 3.05) is 31.6 Å². The molecule has 0 aliphatic carbocycles. The van der Waals surface area contributed by atoms with Crippen LogP contribution in [0.4, 0.5) is 11.6 Å². The first-order valence-electron chi connectivity index (χ1n) is 19.9. The van der Waals surface area contributed by atoms with Crippen LogP contribution in [0.3, 0.4) is 0 Å². The quantitative estimate of drug-likeness (QED) is 0.0492. The number of hydrogen-bond donors (Lipinski definition) is 2. The van der Waals surface area contributed by atoms with Crippen molar-refractivity contribution in [2.45, 2.75) is 91.2 Å². The predicted octanol–water partition coefficient (Wildman–Crippen LogP) is 8.16. The largest absolute Gasteiger partial charge is 0.492 e.